The van der Waals surface area contributed by atoms with E-state index in [0.717, 1.165) is 6.29 Å². The van der Waals surface area contributed by atoms with Crippen LogP contribution in [0.1, 0.15) is 13.3 Å². The number of hydrogen-bond acceptors (Lipinski definition) is 3. The minimum absolute atomic E-state index is 0.326. The highest BCUT2D eigenvalue weighted by molar-refractivity contribution is 5.68. The fraction of sp³-hybridized carbons (Fsp3) is 0.556. The second-order valence-electron chi connectivity index (χ2n) is 2.39. The van der Waals surface area contributed by atoms with Gasteiger partial charge in [0.2, 0.25) is 0 Å². The lowest BCUT2D eigenvalue weighted by atomic mass is 10.4. The fourth-order valence-corrected chi connectivity index (χ4v) is 0.836. The third-order valence-electron chi connectivity index (χ3n) is 1.39. The molecule has 0 aliphatic heterocycles. The van der Waals surface area contributed by atoms with Gasteiger partial charge in [0.25, 0.3) is 0 Å². The molecule has 13 heavy (non-hydrogen) atoms. The molecule has 0 bridgehead atoms. The van der Waals surface area contributed by atoms with Crippen LogP contribution in [-0.2, 0) is 9.53 Å². The van der Waals surface area contributed by atoms with Gasteiger partial charge in [-0.05, 0) is 6.92 Å². The summed E-state index contributed by atoms with van der Waals surface area (Å²) in [6.45, 7) is 6.39. The summed E-state index contributed by atoms with van der Waals surface area (Å²) in [6, 6.07) is 0. The lowest BCUT2D eigenvalue weighted by Gasteiger charge is -2.18. The standard InChI is InChI=1S/C9H15NO3/c1-3-6-10(7-5-8-11)9(12)13-4-2/h3,8H,1,4-7H2,2H3. The van der Waals surface area contributed by atoms with Gasteiger partial charge in [-0.2, -0.15) is 0 Å². The molecule has 0 rings (SSSR count). The van der Waals surface area contributed by atoms with Gasteiger partial charge in [0.1, 0.15) is 6.29 Å². The van der Waals surface area contributed by atoms with E-state index in [1.807, 2.05) is 0 Å². The van der Waals surface area contributed by atoms with E-state index >= 15 is 0 Å². The van der Waals surface area contributed by atoms with Gasteiger partial charge in [-0.3, -0.25) is 0 Å². The van der Waals surface area contributed by atoms with Crippen molar-refractivity contribution in [1.82, 2.24) is 4.90 Å². The summed E-state index contributed by atoms with van der Waals surface area (Å²) in [6.07, 6.45) is 2.30. The highest BCUT2D eigenvalue weighted by Crippen LogP contribution is 1.95. The lowest BCUT2D eigenvalue weighted by molar-refractivity contribution is -0.108. The first kappa shape index (κ1) is 11.7. The SMILES string of the molecule is C=CCN(CCC=O)C(=O)OCC. The Morgan fingerprint density at radius 2 is 2.31 bits per heavy atom. The second-order valence-corrected chi connectivity index (χ2v) is 2.39. The van der Waals surface area contributed by atoms with Crippen LogP contribution in [0, 0.1) is 0 Å². The Morgan fingerprint density at radius 3 is 2.77 bits per heavy atom. The molecule has 0 heterocycles. The van der Waals surface area contributed by atoms with E-state index in [1.165, 1.54) is 4.90 Å². The molecule has 0 aromatic carbocycles. The Hall–Kier alpha value is -1.32. The zero-order chi connectivity index (χ0) is 10.1. The summed E-state index contributed by atoms with van der Waals surface area (Å²) < 4.78 is 4.78. The van der Waals surface area contributed by atoms with Crippen molar-refractivity contribution in [3.05, 3.63) is 12.7 Å². The van der Waals surface area contributed by atoms with Crippen molar-refractivity contribution in [3.8, 4) is 0 Å². The molecule has 0 aromatic heterocycles. The van der Waals surface area contributed by atoms with E-state index in [4.69, 9.17) is 4.74 Å². The number of carbonyl (C=O) groups excluding carboxylic acids is 2. The van der Waals surface area contributed by atoms with Gasteiger partial charge in [0.15, 0.2) is 0 Å². The van der Waals surface area contributed by atoms with Crippen LogP contribution in [0.25, 0.3) is 0 Å². The highest BCUT2D eigenvalue weighted by atomic mass is 16.6. The van der Waals surface area contributed by atoms with Crippen LogP contribution in [0.4, 0.5) is 4.79 Å². The van der Waals surface area contributed by atoms with E-state index in [1.54, 1.807) is 13.0 Å². The average molecular weight is 185 g/mol. The Bertz CT molecular complexity index is 180. The summed E-state index contributed by atoms with van der Waals surface area (Å²) in [7, 11) is 0. The summed E-state index contributed by atoms with van der Waals surface area (Å²) in [5.41, 5.74) is 0. The van der Waals surface area contributed by atoms with Gasteiger partial charge < -0.3 is 14.4 Å². The van der Waals surface area contributed by atoms with Crippen molar-refractivity contribution >= 4 is 12.4 Å². The largest absolute Gasteiger partial charge is 0.450 e. The third-order valence-corrected chi connectivity index (χ3v) is 1.39. The van der Waals surface area contributed by atoms with Crippen LogP contribution in [0.5, 0.6) is 0 Å². The van der Waals surface area contributed by atoms with Crippen LogP contribution in [0.2, 0.25) is 0 Å². The number of ether oxygens (including phenoxy) is 1. The highest BCUT2D eigenvalue weighted by Gasteiger charge is 2.11. The number of hydrogen-bond donors (Lipinski definition) is 0. The summed E-state index contributed by atoms with van der Waals surface area (Å²) in [4.78, 5) is 22.7. The number of aldehydes is 1. The maximum absolute atomic E-state index is 11.2. The molecule has 4 heteroatoms. The van der Waals surface area contributed by atoms with Crippen molar-refractivity contribution < 1.29 is 14.3 Å². The van der Waals surface area contributed by atoms with Crippen molar-refractivity contribution in [3.63, 3.8) is 0 Å². The zero-order valence-electron chi connectivity index (χ0n) is 7.86. The first-order valence-electron chi connectivity index (χ1n) is 4.22. The van der Waals surface area contributed by atoms with Crippen molar-refractivity contribution in [1.29, 1.82) is 0 Å². The van der Waals surface area contributed by atoms with E-state index in [-0.39, 0.29) is 0 Å². The molecule has 0 aromatic rings. The number of amides is 1. The number of carbonyl (C=O) groups is 2. The molecular weight excluding hydrogens is 170 g/mol. The first-order valence-corrected chi connectivity index (χ1v) is 4.22. The maximum atomic E-state index is 11.2. The predicted molar refractivity (Wildman–Crippen MR) is 49.5 cm³/mol. The Morgan fingerprint density at radius 1 is 1.62 bits per heavy atom. The normalized spacial score (nSPS) is 9.00. The first-order chi connectivity index (χ1) is 6.26. The van der Waals surface area contributed by atoms with E-state index < -0.39 is 6.09 Å². The summed E-state index contributed by atoms with van der Waals surface area (Å²) in [5, 5.41) is 0. The minimum atomic E-state index is -0.399. The molecule has 0 aliphatic rings. The molecule has 0 atom stereocenters. The van der Waals surface area contributed by atoms with E-state index in [0.29, 0.717) is 26.1 Å². The van der Waals surface area contributed by atoms with Crippen LogP contribution in [-0.4, -0.2) is 37.0 Å². The smallest absolute Gasteiger partial charge is 0.410 e. The quantitative estimate of drug-likeness (QED) is 0.461. The molecule has 0 saturated carbocycles. The zero-order valence-corrected chi connectivity index (χ0v) is 7.86. The van der Waals surface area contributed by atoms with Gasteiger partial charge in [-0.1, -0.05) is 6.08 Å². The molecule has 0 N–H and O–H groups in total. The molecule has 0 unspecified atom stereocenters. The number of nitrogens with zero attached hydrogens (tertiary/aromatic N) is 1. The van der Waals surface area contributed by atoms with Crippen LogP contribution < -0.4 is 0 Å². The monoisotopic (exact) mass is 185 g/mol. The summed E-state index contributed by atoms with van der Waals surface area (Å²) >= 11 is 0. The summed E-state index contributed by atoms with van der Waals surface area (Å²) in [5.74, 6) is 0. The van der Waals surface area contributed by atoms with Gasteiger partial charge in [0, 0.05) is 19.5 Å². The molecular formula is C9H15NO3. The Balaban J connectivity index is 3.97. The average Bonchev–Trinajstić information content (AvgIpc) is 2.12. The maximum Gasteiger partial charge on any atom is 0.410 e. The molecule has 0 spiro atoms. The van der Waals surface area contributed by atoms with Gasteiger partial charge >= 0.3 is 6.09 Å². The van der Waals surface area contributed by atoms with Crippen molar-refractivity contribution in [2.75, 3.05) is 19.7 Å². The Labute approximate surface area is 78.2 Å². The fourth-order valence-electron chi connectivity index (χ4n) is 0.836. The topological polar surface area (TPSA) is 46.6 Å². The number of rotatable bonds is 6. The molecule has 1 amide bonds. The minimum Gasteiger partial charge on any atom is -0.450 e. The molecule has 0 aliphatic carbocycles. The predicted octanol–water partition coefficient (Wildman–Crippen LogP) is 1.22. The lowest BCUT2D eigenvalue weighted by Crippen LogP contribution is -2.32. The van der Waals surface area contributed by atoms with Gasteiger partial charge in [0.05, 0.1) is 6.61 Å². The second kappa shape index (κ2) is 7.34. The van der Waals surface area contributed by atoms with Crippen LogP contribution in [0.3, 0.4) is 0 Å². The molecule has 0 radical (unpaired) electrons. The van der Waals surface area contributed by atoms with Crippen molar-refractivity contribution in [2.45, 2.75) is 13.3 Å². The third kappa shape index (κ3) is 5.00. The molecule has 4 nitrogen and oxygen atoms in total. The van der Waals surface area contributed by atoms with Crippen LogP contribution in [0.15, 0.2) is 12.7 Å². The van der Waals surface area contributed by atoms with E-state index in [9.17, 15) is 9.59 Å². The van der Waals surface area contributed by atoms with Crippen LogP contribution >= 0.6 is 0 Å². The molecule has 0 saturated heterocycles. The molecule has 74 valence electrons. The van der Waals surface area contributed by atoms with Gasteiger partial charge in [-0.25, -0.2) is 4.79 Å². The van der Waals surface area contributed by atoms with Gasteiger partial charge in [-0.15, -0.1) is 6.58 Å². The molecule has 0 fully saturated rings. The van der Waals surface area contributed by atoms with E-state index in [2.05, 4.69) is 6.58 Å². The van der Waals surface area contributed by atoms with Crippen molar-refractivity contribution in [2.24, 2.45) is 0 Å². The Kier molecular flexibility index (Phi) is 6.59.